The average molecular weight is 634 g/mol. The van der Waals surface area contributed by atoms with Gasteiger partial charge in [0.25, 0.3) is 0 Å². The lowest BCUT2D eigenvalue weighted by Gasteiger charge is -2.31. The van der Waals surface area contributed by atoms with Gasteiger partial charge >= 0.3 is 6.01 Å². The zero-order valence-electron chi connectivity index (χ0n) is 26.6. The van der Waals surface area contributed by atoms with E-state index in [2.05, 4.69) is 5.92 Å². The van der Waals surface area contributed by atoms with Crippen molar-refractivity contribution in [2.75, 3.05) is 44.3 Å². The molecule has 11 heteroatoms. The van der Waals surface area contributed by atoms with E-state index >= 15 is 0 Å². The first-order chi connectivity index (χ1) is 22.5. The fourth-order valence-electron chi connectivity index (χ4n) is 7.56. The summed E-state index contributed by atoms with van der Waals surface area (Å²) in [7, 11) is 0. The van der Waals surface area contributed by atoms with Gasteiger partial charge in [-0.15, -0.1) is 18.0 Å². The number of nitrogens with zero attached hydrogens (tertiary/aromatic N) is 5. The van der Waals surface area contributed by atoms with Crippen LogP contribution in [0.1, 0.15) is 33.1 Å². The Morgan fingerprint density at radius 2 is 2.18 bits per heavy atom. The number of anilines is 1. The summed E-state index contributed by atoms with van der Waals surface area (Å²) >= 11 is 6.70. The van der Waals surface area contributed by atoms with E-state index in [1.54, 1.807) is 19.2 Å². The fourth-order valence-corrected chi connectivity index (χ4v) is 8.02. The van der Waals surface area contributed by atoms with Crippen molar-refractivity contribution in [1.29, 1.82) is 0 Å². The van der Waals surface area contributed by atoms with Crippen LogP contribution in [0.2, 0.25) is 0 Å². The Hall–Kier alpha value is -3.78. The predicted octanol–water partition coefficient (Wildman–Crippen LogP) is 5.38. The molecule has 0 spiro atoms. The summed E-state index contributed by atoms with van der Waals surface area (Å²) in [5.74, 6) is 2.38. The van der Waals surface area contributed by atoms with Crippen LogP contribution < -0.4 is 9.64 Å². The lowest BCUT2D eigenvalue weighted by molar-refractivity contribution is 0.107. The molecule has 5 atom stereocenters. The van der Waals surface area contributed by atoms with E-state index in [1.165, 1.54) is 18.2 Å². The first-order valence-electron chi connectivity index (χ1n) is 16.2. The average Bonchev–Trinajstić information content (AvgIpc) is 3.39. The number of pyridine rings is 1. The van der Waals surface area contributed by atoms with Gasteiger partial charge in [0.2, 0.25) is 0 Å². The number of phenolic OH excluding ortho intramolecular Hbond substituents is 1. The minimum atomic E-state index is -2.31. The molecule has 4 aliphatic rings. The number of benzene rings is 2. The van der Waals surface area contributed by atoms with Crippen molar-refractivity contribution in [3.8, 4) is 35.4 Å². The number of aryl methyl sites for hydroxylation is 1. The Balaban J connectivity index is 1.32. The van der Waals surface area contributed by atoms with Crippen molar-refractivity contribution >= 4 is 39.1 Å². The van der Waals surface area contributed by atoms with E-state index in [-0.39, 0.29) is 47.6 Å². The first-order valence-corrected chi connectivity index (χ1v) is 15.6. The number of aromatic nitrogens is 3. The lowest BCUT2D eigenvalue weighted by Crippen LogP contribution is -2.43. The molecular weight excluding hydrogens is 600 g/mol. The Morgan fingerprint density at radius 3 is 3.02 bits per heavy atom. The van der Waals surface area contributed by atoms with Crippen molar-refractivity contribution in [2.24, 2.45) is 5.92 Å². The third-order valence-corrected chi connectivity index (χ3v) is 10.4. The molecule has 0 amide bonds. The monoisotopic (exact) mass is 633 g/mol. The molecular formula is C34H32ClF2N5O3. The Bertz CT molecular complexity index is 2000. The summed E-state index contributed by atoms with van der Waals surface area (Å²) in [6.07, 6.45) is 7.42. The van der Waals surface area contributed by atoms with Gasteiger partial charge in [0.15, 0.2) is 0 Å². The molecule has 1 saturated carbocycles. The third kappa shape index (κ3) is 4.58. The molecule has 0 unspecified atom stereocenters. The van der Waals surface area contributed by atoms with Crippen LogP contribution in [-0.2, 0) is 4.74 Å². The maximum absolute atomic E-state index is 14.9. The SMILES string of the molecule is [2H]C([2H])(Oc1nc(N2CCOC[C@H]3[C@H](Cl)[C@H]32)c2cnc(-c3cc(O)cc4ccc(F)c(C#C)c34)c(C)c2n1)[C@@]12CCCN1C[C@H](F)C2. The number of halogens is 3. The number of ether oxygens (including phenoxy) is 2. The summed E-state index contributed by atoms with van der Waals surface area (Å²) in [5, 5.41) is 12.0. The Kier molecular flexibility index (Phi) is 6.26. The molecule has 2 aromatic heterocycles. The molecule has 1 N–H and O–H groups in total. The zero-order chi connectivity index (χ0) is 32.8. The number of rotatable bonds is 5. The van der Waals surface area contributed by atoms with Crippen LogP contribution in [0.25, 0.3) is 32.9 Å². The summed E-state index contributed by atoms with van der Waals surface area (Å²) in [6, 6.07) is 5.54. The molecule has 8 rings (SSSR count). The van der Waals surface area contributed by atoms with Crippen LogP contribution in [-0.4, -0.2) is 87.5 Å². The van der Waals surface area contributed by atoms with Gasteiger partial charge in [0, 0.05) is 48.1 Å². The first kappa shape index (κ1) is 26.4. The molecule has 8 nitrogen and oxygen atoms in total. The van der Waals surface area contributed by atoms with E-state index in [1.807, 2.05) is 9.80 Å². The standard InChI is InChI=1S/C34H32ClF2N5O3/c1-3-22-26(37)6-5-19-11-21(43)12-23(27(19)22)29-18(2)30-24(14-38-29)32(42-9-10-44-16-25-28(35)31(25)42)40-33(39-30)45-17-34-7-4-8-41(34)15-20(36)13-34/h1,5-6,11-12,14,20,25,28,31,43H,4,7-10,13,15-17H2,2H3/t20-,25+,28+,31+,34+/m1/s1/i17D2. The molecule has 3 saturated heterocycles. The quantitative estimate of drug-likeness (QED) is 0.232. The summed E-state index contributed by atoms with van der Waals surface area (Å²) in [5.41, 5.74) is 0.691. The van der Waals surface area contributed by atoms with E-state index < -0.39 is 24.1 Å². The smallest absolute Gasteiger partial charge is 0.319 e. The van der Waals surface area contributed by atoms with Gasteiger partial charge in [-0.2, -0.15) is 9.97 Å². The molecule has 232 valence electrons. The maximum Gasteiger partial charge on any atom is 0.319 e. The van der Waals surface area contributed by atoms with Gasteiger partial charge in [-0.05, 0) is 49.9 Å². The molecule has 3 aliphatic heterocycles. The predicted molar refractivity (Wildman–Crippen MR) is 168 cm³/mol. The highest BCUT2D eigenvalue weighted by Crippen LogP contribution is 2.47. The summed E-state index contributed by atoms with van der Waals surface area (Å²) in [4.78, 5) is 18.2. The number of hydrogen-bond donors (Lipinski definition) is 1. The van der Waals surface area contributed by atoms with Crippen LogP contribution in [0.3, 0.4) is 0 Å². The number of phenols is 1. The molecule has 0 radical (unpaired) electrons. The van der Waals surface area contributed by atoms with E-state index in [0.717, 1.165) is 6.42 Å². The number of terminal acetylenes is 1. The minimum Gasteiger partial charge on any atom is -0.508 e. The molecule has 2 aromatic carbocycles. The van der Waals surface area contributed by atoms with Gasteiger partial charge in [-0.1, -0.05) is 12.0 Å². The molecule has 0 bridgehead atoms. The molecule has 1 aliphatic carbocycles. The topological polar surface area (TPSA) is 83.8 Å². The zero-order valence-corrected chi connectivity index (χ0v) is 25.3. The van der Waals surface area contributed by atoms with E-state index in [9.17, 15) is 13.9 Å². The highest BCUT2D eigenvalue weighted by molar-refractivity contribution is 6.24. The van der Waals surface area contributed by atoms with Crippen LogP contribution in [0, 0.1) is 31.0 Å². The molecule has 4 fully saturated rings. The maximum atomic E-state index is 14.9. The highest BCUT2D eigenvalue weighted by atomic mass is 35.5. The number of fused-ring (bicyclic) bond motifs is 4. The summed E-state index contributed by atoms with van der Waals surface area (Å²) in [6.45, 7) is 1.68. The highest BCUT2D eigenvalue weighted by Gasteiger charge is 2.55. The van der Waals surface area contributed by atoms with Crippen LogP contribution in [0.4, 0.5) is 14.6 Å². The van der Waals surface area contributed by atoms with Crippen molar-refractivity contribution in [3.05, 3.63) is 47.4 Å². The van der Waals surface area contributed by atoms with Crippen molar-refractivity contribution in [3.63, 3.8) is 0 Å². The second kappa shape index (κ2) is 10.6. The Morgan fingerprint density at radius 1 is 1.31 bits per heavy atom. The van der Waals surface area contributed by atoms with Crippen LogP contribution >= 0.6 is 11.6 Å². The Labute approximate surface area is 267 Å². The second-order valence-corrected chi connectivity index (χ2v) is 12.9. The summed E-state index contributed by atoms with van der Waals surface area (Å²) < 4.78 is 59.8. The van der Waals surface area contributed by atoms with Crippen LogP contribution in [0.5, 0.6) is 11.8 Å². The van der Waals surface area contributed by atoms with Crippen LogP contribution in [0.15, 0.2) is 30.5 Å². The largest absolute Gasteiger partial charge is 0.508 e. The fraction of sp³-hybridized carbons (Fsp3) is 0.441. The lowest BCUT2D eigenvalue weighted by atomic mass is 9.94. The minimum absolute atomic E-state index is 0.0212. The van der Waals surface area contributed by atoms with Crippen molar-refractivity contribution in [2.45, 2.75) is 49.3 Å². The number of alkyl halides is 2. The molecule has 4 aromatic rings. The van der Waals surface area contributed by atoms with Crippen molar-refractivity contribution < 1.29 is 26.1 Å². The number of aromatic hydroxyl groups is 1. The van der Waals surface area contributed by atoms with Gasteiger partial charge in [-0.25, -0.2) is 8.78 Å². The number of hydrogen-bond acceptors (Lipinski definition) is 8. The van der Waals surface area contributed by atoms with Gasteiger partial charge in [0.1, 0.15) is 30.1 Å². The molecule has 5 heterocycles. The molecule has 45 heavy (non-hydrogen) atoms. The third-order valence-electron chi connectivity index (χ3n) is 9.77. The second-order valence-electron chi connectivity index (χ2n) is 12.4. The van der Waals surface area contributed by atoms with Gasteiger partial charge in [-0.3, -0.25) is 9.88 Å². The van der Waals surface area contributed by atoms with E-state index in [0.29, 0.717) is 77.0 Å². The normalized spacial score (nSPS) is 28.7. The van der Waals surface area contributed by atoms with E-state index in [4.69, 9.17) is 45.2 Å². The van der Waals surface area contributed by atoms with Gasteiger partial charge < -0.3 is 19.5 Å². The van der Waals surface area contributed by atoms with Gasteiger partial charge in [0.05, 0.1) is 55.1 Å². The van der Waals surface area contributed by atoms with Crippen molar-refractivity contribution in [1.82, 2.24) is 19.9 Å².